The number of hydrogen-bond donors (Lipinski definition) is 1. The second-order valence-corrected chi connectivity index (χ2v) is 5.40. The first-order valence-electron chi connectivity index (χ1n) is 7.49. The second-order valence-electron chi connectivity index (χ2n) is 5.40. The largest absolute Gasteiger partial charge is 0.508 e. The molecular formula is C18H17NO4. The summed E-state index contributed by atoms with van der Waals surface area (Å²) in [5.74, 6) is -0.888. The van der Waals surface area contributed by atoms with E-state index in [-0.39, 0.29) is 23.8 Å². The molecule has 0 saturated carbocycles. The molecule has 5 nitrogen and oxygen atoms in total. The summed E-state index contributed by atoms with van der Waals surface area (Å²) in [6, 6.07) is 13.6. The third kappa shape index (κ3) is 3.34. The molecule has 0 fully saturated rings. The molecule has 0 spiro atoms. The van der Waals surface area contributed by atoms with Crippen LogP contribution >= 0.6 is 0 Å². The first kappa shape index (κ1) is 15.1. The molecule has 0 bridgehead atoms. The third-order valence-corrected chi connectivity index (χ3v) is 3.82. The second kappa shape index (κ2) is 6.52. The molecule has 1 heterocycles. The number of para-hydroxylation sites is 1. The fourth-order valence-electron chi connectivity index (χ4n) is 2.71. The van der Waals surface area contributed by atoms with Gasteiger partial charge >= 0.3 is 5.97 Å². The van der Waals surface area contributed by atoms with Crippen LogP contribution in [0.1, 0.15) is 22.3 Å². The number of aryl methyl sites for hydroxylation is 1. The van der Waals surface area contributed by atoms with Gasteiger partial charge in [-0.2, -0.15) is 0 Å². The molecule has 1 N–H and O–H groups in total. The predicted octanol–water partition coefficient (Wildman–Crippen LogP) is 2.53. The molecule has 0 atom stereocenters. The fraction of sp³-hybridized carbons (Fsp3) is 0.222. The molecule has 0 aliphatic carbocycles. The van der Waals surface area contributed by atoms with Gasteiger partial charge in [-0.05, 0) is 42.7 Å². The number of rotatable bonds is 3. The van der Waals surface area contributed by atoms with Gasteiger partial charge in [0, 0.05) is 12.2 Å². The molecule has 2 aromatic rings. The van der Waals surface area contributed by atoms with Crippen LogP contribution in [0.25, 0.3) is 0 Å². The minimum atomic E-state index is -0.625. The van der Waals surface area contributed by atoms with E-state index in [1.165, 1.54) is 18.2 Å². The zero-order chi connectivity index (χ0) is 16.2. The summed E-state index contributed by atoms with van der Waals surface area (Å²) >= 11 is 0. The number of carbonyl (C=O) groups excluding carboxylic acids is 2. The predicted molar refractivity (Wildman–Crippen MR) is 85.5 cm³/mol. The van der Waals surface area contributed by atoms with E-state index in [0.29, 0.717) is 6.54 Å². The van der Waals surface area contributed by atoms with Crippen LogP contribution in [0.3, 0.4) is 0 Å². The van der Waals surface area contributed by atoms with E-state index in [0.717, 1.165) is 24.1 Å². The standard InChI is InChI=1S/C18H17NO4/c20-15-8-3-6-14(11-15)18(22)23-12-17(21)19-10-4-7-13-5-1-2-9-16(13)19/h1-3,5-6,8-9,11,20H,4,7,10,12H2. The average molecular weight is 311 g/mol. The lowest BCUT2D eigenvalue weighted by Gasteiger charge is -2.29. The number of benzene rings is 2. The molecule has 0 radical (unpaired) electrons. The number of fused-ring (bicyclic) bond motifs is 1. The maximum Gasteiger partial charge on any atom is 0.338 e. The van der Waals surface area contributed by atoms with E-state index in [1.54, 1.807) is 11.0 Å². The molecule has 2 aromatic carbocycles. The van der Waals surface area contributed by atoms with Gasteiger partial charge in [0.2, 0.25) is 0 Å². The first-order chi connectivity index (χ1) is 11.1. The topological polar surface area (TPSA) is 66.8 Å². The molecule has 1 amide bonds. The Morgan fingerprint density at radius 1 is 1.13 bits per heavy atom. The highest BCUT2D eigenvalue weighted by atomic mass is 16.5. The Morgan fingerprint density at radius 2 is 1.96 bits per heavy atom. The van der Waals surface area contributed by atoms with Crippen LogP contribution in [0.15, 0.2) is 48.5 Å². The lowest BCUT2D eigenvalue weighted by Crippen LogP contribution is -2.38. The van der Waals surface area contributed by atoms with Gasteiger partial charge in [0.1, 0.15) is 5.75 Å². The Labute approximate surface area is 134 Å². The molecule has 5 heteroatoms. The van der Waals surface area contributed by atoms with E-state index in [9.17, 15) is 14.7 Å². The Bertz CT molecular complexity index is 741. The van der Waals surface area contributed by atoms with Crippen LogP contribution in [0, 0.1) is 0 Å². The van der Waals surface area contributed by atoms with E-state index in [2.05, 4.69) is 0 Å². The number of carbonyl (C=O) groups is 2. The van der Waals surface area contributed by atoms with Gasteiger partial charge in [-0.3, -0.25) is 4.79 Å². The summed E-state index contributed by atoms with van der Waals surface area (Å²) in [5, 5.41) is 9.37. The average Bonchev–Trinajstić information content (AvgIpc) is 2.59. The van der Waals surface area contributed by atoms with E-state index in [4.69, 9.17) is 4.74 Å². The summed E-state index contributed by atoms with van der Waals surface area (Å²) in [5.41, 5.74) is 2.24. The number of aromatic hydroxyl groups is 1. The van der Waals surface area contributed by atoms with Crippen molar-refractivity contribution in [2.45, 2.75) is 12.8 Å². The Balaban J connectivity index is 1.65. The molecule has 1 aliphatic rings. The van der Waals surface area contributed by atoms with Crippen LogP contribution in [0.5, 0.6) is 5.75 Å². The maximum absolute atomic E-state index is 12.4. The van der Waals surface area contributed by atoms with Crippen molar-refractivity contribution in [2.24, 2.45) is 0 Å². The highest BCUT2D eigenvalue weighted by Crippen LogP contribution is 2.26. The number of phenols is 1. The van der Waals surface area contributed by atoms with Gasteiger partial charge in [-0.1, -0.05) is 24.3 Å². The lowest BCUT2D eigenvalue weighted by atomic mass is 10.0. The van der Waals surface area contributed by atoms with Crippen molar-refractivity contribution >= 4 is 17.6 Å². The van der Waals surface area contributed by atoms with Crippen molar-refractivity contribution in [3.63, 3.8) is 0 Å². The number of anilines is 1. The molecule has 23 heavy (non-hydrogen) atoms. The third-order valence-electron chi connectivity index (χ3n) is 3.82. The van der Waals surface area contributed by atoms with Crippen LogP contribution in [-0.4, -0.2) is 30.1 Å². The monoisotopic (exact) mass is 311 g/mol. The van der Waals surface area contributed by atoms with Gasteiger partial charge in [0.05, 0.1) is 5.56 Å². The van der Waals surface area contributed by atoms with Crippen LogP contribution < -0.4 is 4.90 Å². The zero-order valence-electron chi connectivity index (χ0n) is 12.6. The summed E-state index contributed by atoms with van der Waals surface area (Å²) in [7, 11) is 0. The lowest BCUT2D eigenvalue weighted by molar-refractivity contribution is -0.121. The summed E-state index contributed by atoms with van der Waals surface area (Å²) in [6.07, 6.45) is 1.84. The summed E-state index contributed by atoms with van der Waals surface area (Å²) in [4.78, 5) is 25.9. The zero-order valence-corrected chi connectivity index (χ0v) is 12.6. The molecule has 0 aromatic heterocycles. The maximum atomic E-state index is 12.4. The van der Waals surface area contributed by atoms with Crippen LogP contribution in [0.2, 0.25) is 0 Å². The van der Waals surface area contributed by atoms with Gasteiger partial charge in [0.15, 0.2) is 6.61 Å². The quantitative estimate of drug-likeness (QED) is 0.885. The van der Waals surface area contributed by atoms with Crippen molar-refractivity contribution in [3.8, 4) is 5.75 Å². The number of nitrogens with zero attached hydrogens (tertiary/aromatic N) is 1. The minimum Gasteiger partial charge on any atom is -0.508 e. The van der Waals surface area contributed by atoms with Crippen molar-refractivity contribution in [1.82, 2.24) is 0 Å². The highest BCUT2D eigenvalue weighted by Gasteiger charge is 2.23. The number of amides is 1. The SMILES string of the molecule is O=C(OCC(=O)N1CCCc2ccccc21)c1cccc(O)c1. The summed E-state index contributed by atoms with van der Waals surface area (Å²) in [6.45, 7) is 0.308. The van der Waals surface area contributed by atoms with Crippen molar-refractivity contribution < 1.29 is 19.4 Å². The van der Waals surface area contributed by atoms with Gasteiger partial charge in [-0.25, -0.2) is 4.79 Å². The Morgan fingerprint density at radius 3 is 2.78 bits per heavy atom. The van der Waals surface area contributed by atoms with Crippen molar-refractivity contribution in [2.75, 3.05) is 18.1 Å². The number of esters is 1. The van der Waals surface area contributed by atoms with E-state index >= 15 is 0 Å². The smallest absolute Gasteiger partial charge is 0.338 e. The van der Waals surface area contributed by atoms with E-state index < -0.39 is 5.97 Å². The van der Waals surface area contributed by atoms with E-state index in [1.807, 2.05) is 24.3 Å². The molecule has 1 aliphatic heterocycles. The number of phenolic OH excluding ortho intramolecular Hbond substituents is 1. The van der Waals surface area contributed by atoms with Gasteiger partial charge in [-0.15, -0.1) is 0 Å². The first-order valence-corrected chi connectivity index (χ1v) is 7.49. The molecule has 3 rings (SSSR count). The Hall–Kier alpha value is -2.82. The van der Waals surface area contributed by atoms with Crippen molar-refractivity contribution in [1.29, 1.82) is 0 Å². The molecule has 118 valence electrons. The minimum absolute atomic E-state index is 0.0178. The van der Waals surface area contributed by atoms with Crippen molar-refractivity contribution in [3.05, 3.63) is 59.7 Å². The number of hydrogen-bond acceptors (Lipinski definition) is 4. The van der Waals surface area contributed by atoms with Crippen LogP contribution in [-0.2, 0) is 16.0 Å². The van der Waals surface area contributed by atoms with Gasteiger partial charge < -0.3 is 14.7 Å². The normalized spacial score (nSPS) is 13.3. The molecule has 0 saturated heterocycles. The number of ether oxygens (including phenoxy) is 1. The molecular weight excluding hydrogens is 294 g/mol. The highest BCUT2D eigenvalue weighted by molar-refractivity contribution is 5.98. The summed E-state index contributed by atoms with van der Waals surface area (Å²) < 4.78 is 5.07. The fourth-order valence-corrected chi connectivity index (χ4v) is 2.71. The Kier molecular flexibility index (Phi) is 4.28. The van der Waals surface area contributed by atoms with Gasteiger partial charge in [0.25, 0.3) is 5.91 Å². The molecule has 0 unspecified atom stereocenters. The van der Waals surface area contributed by atoms with Crippen LogP contribution in [0.4, 0.5) is 5.69 Å².